The monoisotopic (exact) mass is 294 g/mol. The molecule has 0 radical (unpaired) electrons. The molecule has 0 atom stereocenters. The fourth-order valence-corrected chi connectivity index (χ4v) is 2.68. The number of anilines is 1. The van der Waals surface area contributed by atoms with Gasteiger partial charge in [0.25, 0.3) is 0 Å². The first kappa shape index (κ1) is 15.6. The van der Waals surface area contributed by atoms with Crippen LogP contribution in [0.1, 0.15) is 36.0 Å². The van der Waals surface area contributed by atoms with E-state index in [1.54, 1.807) is 12.1 Å². The Morgan fingerprint density at radius 1 is 1.29 bits per heavy atom. The zero-order valence-electron chi connectivity index (χ0n) is 12.7. The number of carbonyl (C=O) groups is 1. The van der Waals surface area contributed by atoms with Crippen molar-refractivity contribution in [2.45, 2.75) is 37.8 Å². The predicted molar refractivity (Wildman–Crippen MR) is 78.8 cm³/mol. The van der Waals surface area contributed by atoms with E-state index in [2.05, 4.69) is 9.88 Å². The van der Waals surface area contributed by atoms with Crippen LogP contribution in [0.4, 0.5) is 5.82 Å². The number of hydrogen-bond acceptors (Lipinski definition) is 6. The first-order chi connectivity index (χ1) is 10.1. The second-order valence-corrected chi connectivity index (χ2v) is 5.29. The second kappa shape index (κ2) is 6.76. The van der Waals surface area contributed by atoms with Gasteiger partial charge in [-0.1, -0.05) is 0 Å². The molecule has 1 heterocycles. The van der Waals surface area contributed by atoms with E-state index >= 15 is 0 Å². The molecular weight excluding hydrogens is 272 g/mol. The summed E-state index contributed by atoms with van der Waals surface area (Å²) in [6.07, 6.45) is 3.30. The lowest BCUT2D eigenvalue weighted by atomic mass is 9.92. The molecule has 0 spiro atoms. The standard InChI is InChI=1S/C15H22N2O4/c1-17(10-4-6-11(18)7-5-10)13-9-8-12(15(19)21-3)14(16-13)20-2/h8-11,18H,4-7H2,1-3H3. The molecule has 0 saturated heterocycles. The third kappa shape index (κ3) is 3.44. The Labute approximate surface area is 124 Å². The zero-order valence-corrected chi connectivity index (χ0v) is 12.7. The number of carbonyl (C=O) groups excluding carboxylic acids is 1. The van der Waals surface area contributed by atoms with Gasteiger partial charge in [0, 0.05) is 13.1 Å². The Kier molecular flexibility index (Phi) is 5.01. The van der Waals surface area contributed by atoms with E-state index in [0.717, 1.165) is 31.5 Å². The number of aromatic nitrogens is 1. The van der Waals surface area contributed by atoms with Crippen LogP contribution in [0.5, 0.6) is 5.88 Å². The number of pyridine rings is 1. The van der Waals surface area contributed by atoms with Crippen molar-refractivity contribution < 1.29 is 19.4 Å². The fraction of sp³-hybridized carbons (Fsp3) is 0.600. The van der Waals surface area contributed by atoms with Crippen LogP contribution in [0.15, 0.2) is 12.1 Å². The molecule has 1 aliphatic carbocycles. The van der Waals surface area contributed by atoms with Gasteiger partial charge in [0.2, 0.25) is 5.88 Å². The molecule has 0 unspecified atom stereocenters. The summed E-state index contributed by atoms with van der Waals surface area (Å²) in [5.74, 6) is 0.553. The summed E-state index contributed by atoms with van der Waals surface area (Å²) in [7, 11) is 4.78. The number of methoxy groups -OCH3 is 2. The summed E-state index contributed by atoms with van der Waals surface area (Å²) in [5.41, 5.74) is 0.316. The minimum absolute atomic E-state index is 0.182. The first-order valence-electron chi connectivity index (χ1n) is 7.11. The van der Waals surface area contributed by atoms with Crippen molar-refractivity contribution in [3.63, 3.8) is 0 Å². The molecule has 1 aliphatic rings. The van der Waals surface area contributed by atoms with Gasteiger partial charge in [0.05, 0.1) is 20.3 Å². The number of esters is 1. The molecule has 0 aromatic carbocycles. The average molecular weight is 294 g/mol. The molecule has 0 bridgehead atoms. The van der Waals surface area contributed by atoms with Gasteiger partial charge in [-0.2, -0.15) is 4.98 Å². The Balaban J connectivity index is 2.18. The van der Waals surface area contributed by atoms with Crippen molar-refractivity contribution in [3.05, 3.63) is 17.7 Å². The normalized spacial score (nSPS) is 21.7. The van der Waals surface area contributed by atoms with Crippen LogP contribution in [-0.2, 0) is 4.74 Å². The summed E-state index contributed by atoms with van der Waals surface area (Å²) in [5, 5.41) is 9.58. The van der Waals surface area contributed by atoms with E-state index in [-0.39, 0.29) is 12.0 Å². The number of aliphatic hydroxyl groups excluding tert-OH is 1. The van der Waals surface area contributed by atoms with Gasteiger partial charge >= 0.3 is 5.97 Å². The van der Waals surface area contributed by atoms with Crippen LogP contribution < -0.4 is 9.64 Å². The predicted octanol–water partition coefficient (Wildman–Crippen LogP) is 1.62. The Hall–Kier alpha value is -1.82. The van der Waals surface area contributed by atoms with Crippen molar-refractivity contribution in [3.8, 4) is 5.88 Å². The van der Waals surface area contributed by atoms with Gasteiger partial charge < -0.3 is 19.5 Å². The topological polar surface area (TPSA) is 71.9 Å². The molecule has 2 rings (SSSR count). The summed E-state index contributed by atoms with van der Waals surface area (Å²) >= 11 is 0. The maximum atomic E-state index is 11.6. The van der Waals surface area contributed by atoms with Crippen molar-refractivity contribution >= 4 is 11.8 Å². The van der Waals surface area contributed by atoms with Crippen LogP contribution in [0.2, 0.25) is 0 Å². The number of ether oxygens (including phenoxy) is 2. The van der Waals surface area contributed by atoms with E-state index in [1.165, 1.54) is 14.2 Å². The summed E-state index contributed by atoms with van der Waals surface area (Å²) in [4.78, 5) is 18.1. The molecular formula is C15H22N2O4. The molecule has 1 saturated carbocycles. The summed E-state index contributed by atoms with van der Waals surface area (Å²) < 4.78 is 9.89. The third-order valence-electron chi connectivity index (χ3n) is 4.02. The highest BCUT2D eigenvalue weighted by molar-refractivity contribution is 5.92. The van der Waals surface area contributed by atoms with Gasteiger partial charge in [0.15, 0.2) is 0 Å². The minimum Gasteiger partial charge on any atom is -0.480 e. The van der Waals surface area contributed by atoms with Gasteiger partial charge in [-0.3, -0.25) is 0 Å². The summed E-state index contributed by atoms with van der Waals surface area (Å²) in [6, 6.07) is 3.80. The molecule has 0 aliphatic heterocycles. The molecule has 1 aromatic rings. The summed E-state index contributed by atoms with van der Waals surface area (Å²) in [6.45, 7) is 0. The molecule has 116 valence electrons. The van der Waals surface area contributed by atoms with Crippen molar-refractivity contribution in [1.82, 2.24) is 4.98 Å². The molecule has 1 N–H and O–H groups in total. The Bertz CT molecular complexity index is 498. The zero-order chi connectivity index (χ0) is 15.4. The van der Waals surface area contributed by atoms with Crippen molar-refractivity contribution in [2.75, 3.05) is 26.2 Å². The third-order valence-corrected chi connectivity index (χ3v) is 4.02. The van der Waals surface area contributed by atoms with Gasteiger partial charge in [0.1, 0.15) is 11.4 Å². The van der Waals surface area contributed by atoms with Crippen LogP contribution >= 0.6 is 0 Å². The molecule has 1 aromatic heterocycles. The maximum absolute atomic E-state index is 11.6. The van der Waals surface area contributed by atoms with Gasteiger partial charge in [-0.05, 0) is 37.8 Å². The quantitative estimate of drug-likeness (QED) is 0.851. The van der Waals surface area contributed by atoms with E-state index in [0.29, 0.717) is 11.6 Å². The second-order valence-electron chi connectivity index (χ2n) is 5.29. The fourth-order valence-electron chi connectivity index (χ4n) is 2.68. The largest absolute Gasteiger partial charge is 0.480 e. The first-order valence-corrected chi connectivity index (χ1v) is 7.11. The lowest BCUT2D eigenvalue weighted by molar-refractivity contribution is 0.0596. The number of nitrogens with zero attached hydrogens (tertiary/aromatic N) is 2. The van der Waals surface area contributed by atoms with Crippen LogP contribution in [0.25, 0.3) is 0 Å². The lowest BCUT2D eigenvalue weighted by Gasteiger charge is -2.34. The highest BCUT2D eigenvalue weighted by atomic mass is 16.5. The van der Waals surface area contributed by atoms with Gasteiger partial charge in [-0.15, -0.1) is 0 Å². The minimum atomic E-state index is -0.464. The van der Waals surface area contributed by atoms with E-state index in [9.17, 15) is 9.90 Å². The Morgan fingerprint density at radius 3 is 2.52 bits per heavy atom. The van der Waals surface area contributed by atoms with Gasteiger partial charge in [-0.25, -0.2) is 4.79 Å². The van der Waals surface area contributed by atoms with E-state index < -0.39 is 5.97 Å². The maximum Gasteiger partial charge on any atom is 0.343 e. The molecule has 1 fully saturated rings. The van der Waals surface area contributed by atoms with Crippen LogP contribution in [0.3, 0.4) is 0 Å². The number of aliphatic hydroxyl groups is 1. The SMILES string of the molecule is COC(=O)c1ccc(N(C)C2CCC(O)CC2)nc1OC. The average Bonchev–Trinajstić information content (AvgIpc) is 2.53. The lowest BCUT2D eigenvalue weighted by Crippen LogP contribution is -2.36. The molecule has 6 heteroatoms. The van der Waals surface area contributed by atoms with E-state index in [4.69, 9.17) is 9.47 Å². The smallest absolute Gasteiger partial charge is 0.343 e. The van der Waals surface area contributed by atoms with Crippen LogP contribution in [0, 0.1) is 0 Å². The van der Waals surface area contributed by atoms with E-state index in [1.807, 2.05) is 7.05 Å². The molecule has 6 nitrogen and oxygen atoms in total. The number of hydrogen-bond donors (Lipinski definition) is 1. The van der Waals surface area contributed by atoms with Crippen molar-refractivity contribution in [1.29, 1.82) is 0 Å². The van der Waals surface area contributed by atoms with Crippen LogP contribution in [-0.4, -0.2) is 49.5 Å². The highest BCUT2D eigenvalue weighted by Gasteiger charge is 2.24. The Morgan fingerprint density at radius 2 is 1.95 bits per heavy atom. The highest BCUT2D eigenvalue weighted by Crippen LogP contribution is 2.27. The molecule has 21 heavy (non-hydrogen) atoms. The van der Waals surface area contributed by atoms with Crippen molar-refractivity contribution in [2.24, 2.45) is 0 Å². The number of rotatable bonds is 4. The molecule has 0 amide bonds.